The Hall–Kier alpha value is -5.55. The number of hydrogen-bond donors (Lipinski definition) is 1. The van der Waals surface area contributed by atoms with E-state index in [9.17, 15) is 5.11 Å². The van der Waals surface area contributed by atoms with Crippen molar-refractivity contribution in [2.75, 3.05) is 13.6 Å². The minimum Gasteiger partial charge on any atom is -0.384 e. The minimum atomic E-state index is -0.934. The van der Waals surface area contributed by atoms with Crippen LogP contribution in [0.1, 0.15) is 45.3 Å². The number of aliphatic hydroxyl groups is 1. The molecule has 6 aromatic carbocycles. The number of hydrogen-bond acceptors (Lipinski definition) is 3. The summed E-state index contributed by atoms with van der Waals surface area (Å²) in [6.45, 7) is 0.310. The van der Waals surface area contributed by atoms with Crippen LogP contribution >= 0.6 is 0 Å². The zero-order valence-electron chi connectivity index (χ0n) is 27.0. The quantitative estimate of drug-likeness (QED) is 0.146. The van der Waals surface area contributed by atoms with E-state index in [1.165, 1.54) is 0 Å². The molecule has 48 heavy (non-hydrogen) atoms. The summed E-state index contributed by atoms with van der Waals surface area (Å²) in [5, 5.41) is 12.4. The molecule has 0 bridgehead atoms. The van der Waals surface area contributed by atoms with Gasteiger partial charge in [-0.3, -0.25) is 4.90 Å². The Kier molecular flexibility index (Phi) is 8.84. The number of aliphatic hydroxyl groups excluding tert-OH is 1. The third-order valence-corrected chi connectivity index (χ3v) is 9.50. The van der Waals surface area contributed by atoms with Gasteiger partial charge in [-0.05, 0) is 40.4 Å². The van der Waals surface area contributed by atoms with Gasteiger partial charge in [-0.25, -0.2) is 4.98 Å². The fourth-order valence-electron chi connectivity index (χ4n) is 7.48. The Labute approximate surface area is 283 Å². The molecule has 1 aromatic heterocycles. The first-order chi connectivity index (χ1) is 23.7. The molecule has 0 saturated carbocycles. The second kappa shape index (κ2) is 13.7. The van der Waals surface area contributed by atoms with Crippen molar-refractivity contribution in [2.45, 2.75) is 17.2 Å². The van der Waals surface area contributed by atoms with Crippen molar-refractivity contribution in [3.8, 4) is 0 Å². The van der Waals surface area contributed by atoms with Crippen molar-refractivity contribution in [3.63, 3.8) is 0 Å². The molecule has 0 radical (unpaired) electrons. The fourth-order valence-corrected chi connectivity index (χ4v) is 7.48. The zero-order valence-corrected chi connectivity index (χ0v) is 27.0. The van der Waals surface area contributed by atoms with Crippen LogP contribution in [0, 0.1) is 0 Å². The molecule has 0 aliphatic heterocycles. The van der Waals surface area contributed by atoms with Gasteiger partial charge in [0.2, 0.25) is 0 Å². The van der Waals surface area contributed by atoms with Crippen LogP contribution in [0.5, 0.6) is 0 Å². The summed E-state index contributed by atoms with van der Waals surface area (Å²) in [6, 6.07) is 63.2. The van der Waals surface area contributed by atoms with Crippen LogP contribution < -0.4 is 0 Å². The van der Waals surface area contributed by atoms with E-state index in [0.29, 0.717) is 12.4 Å². The van der Waals surface area contributed by atoms with Gasteiger partial charge in [-0.15, -0.1) is 0 Å². The van der Waals surface area contributed by atoms with Crippen molar-refractivity contribution in [3.05, 3.63) is 234 Å². The average molecular weight is 626 g/mol. The van der Waals surface area contributed by atoms with E-state index >= 15 is 0 Å². The summed E-state index contributed by atoms with van der Waals surface area (Å²) in [5.41, 5.74) is 5.12. The van der Waals surface area contributed by atoms with Gasteiger partial charge in [-0.1, -0.05) is 182 Å². The van der Waals surface area contributed by atoms with Crippen molar-refractivity contribution in [1.82, 2.24) is 14.5 Å². The lowest BCUT2D eigenvalue weighted by Gasteiger charge is -2.45. The van der Waals surface area contributed by atoms with Crippen molar-refractivity contribution < 1.29 is 5.11 Å². The van der Waals surface area contributed by atoms with Gasteiger partial charge in [0.05, 0.1) is 5.54 Å². The molecule has 0 fully saturated rings. The fraction of sp³-hybridized carbons (Fsp3) is 0.114. The minimum absolute atomic E-state index is 0.310. The molecule has 0 saturated heterocycles. The summed E-state index contributed by atoms with van der Waals surface area (Å²) in [6.07, 6.45) is 2.88. The summed E-state index contributed by atoms with van der Waals surface area (Å²) in [5.74, 6) is 0.585. The lowest BCUT2D eigenvalue weighted by Crippen LogP contribution is -2.48. The van der Waals surface area contributed by atoms with Gasteiger partial charge >= 0.3 is 0 Å². The smallest absolute Gasteiger partial charge is 0.140 e. The van der Waals surface area contributed by atoms with Crippen LogP contribution in [0.4, 0.5) is 0 Å². The number of likely N-dealkylation sites (N-methyl/N-ethyl adjacent to an activating group) is 1. The topological polar surface area (TPSA) is 41.3 Å². The molecule has 0 aliphatic rings. The molecule has 236 valence electrons. The van der Waals surface area contributed by atoms with Gasteiger partial charge in [0, 0.05) is 18.9 Å². The molecule has 1 unspecified atom stereocenters. The van der Waals surface area contributed by atoms with E-state index < -0.39 is 17.2 Å². The summed E-state index contributed by atoms with van der Waals surface area (Å²) >= 11 is 0. The third-order valence-electron chi connectivity index (χ3n) is 9.50. The Balaban J connectivity index is 1.40. The molecule has 4 nitrogen and oxygen atoms in total. The van der Waals surface area contributed by atoms with Gasteiger partial charge in [0.1, 0.15) is 17.5 Å². The molecular weight excluding hydrogens is 587 g/mol. The molecule has 7 rings (SSSR count). The van der Waals surface area contributed by atoms with Crippen molar-refractivity contribution in [1.29, 1.82) is 0 Å². The zero-order chi connectivity index (χ0) is 32.8. The molecule has 0 spiro atoms. The second-order valence-electron chi connectivity index (χ2n) is 12.2. The van der Waals surface area contributed by atoms with E-state index in [2.05, 4.69) is 162 Å². The van der Waals surface area contributed by atoms with Crippen LogP contribution in [0.25, 0.3) is 0 Å². The first-order valence-corrected chi connectivity index (χ1v) is 16.4. The van der Waals surface area contributed by atoms with E-state index in [1.54, 1.807) is 6.20 Å². The summed E-state index contributed by atoms with van der Waals surface area (Å²) in [4.78, 5) is 7.17. The van der Waals surface area contributed by atoms with Crippen LogP contribution in [0.15, 0.2) is 194 Å². The van der Waals surface area contributed by atoms with Gasteiger partial charge < -0.3 is 9.67 Å². The maximum atomic E-state index is 12.4. The number of rotatable bonds is 11. The Morgan fingerprint density at radius 1 is 0.521 bits per heavy atom. The van der Waals surface area contributed by atoms with Gasteiger partial charge in [-0.2, -0.15) is 0 Å². The molecule has 0 aliphatic carbocycles. The van der Waals surface area contributed by atoms with Gasteiger partial charge in [0.25, 0.3) is 0 Å². The number of nitrogens with zero attached hydrogens (tertiary/aromatic N) is 3. The highest BCUT2D eigenvalue weighted by molar-refractivity contribution is 5.52. The Morgan fingerprint density at radius 3 is 1.17 bits per heavy atom. The second-order valence-corrected chi connectivity index (χ2v) is 12.2. The maximum absolute atomic E-state index is 12.4. The number of aromatic nitrogens is 2. The lowest BCUT2D eigenvalue weighted by molar-refractivity contribution is 0.0782. The average Bonchev–Trinajstić information content (AvgIpc) is 3.66. The predicted molar refractivity (Wildman–Crippen MR) is 194 cm³/mol. The van der Waals surface area contributed by atoms with Crippen LogP contribution in [0.3, 0.4) is 0 Å². The SMILES string of the molecule is CN(CC(O)c1nccn1C(c1ccccc1)(c1ccccc1)c1ccccc1)C(c1ccccc1)(c1ccccc1)c1ccccc1. The van der Waals surface area contributed by atoms with Crippen molar-refractivity contribution in [2.24, 2.45) is 0 Å². The highest BCUT2D eigenvalue weighted by Gasteiger charge is 2.43. The third kappa shape index (κ3) is 5.35. The van der Waals surface area contributed by atoms with Crippen LogP contribution in [-0.2, 0) is 11.1 Å². The van der Waals surface area contributed by atoms with Crippen molar-refractivity contribution >= 4 is 0 Å². The first-order valence-electron chi connectivity index (χ1n) is 16.4. The Morgan fingerprint density at radius 2 is 0.833 bits per heavy atom. The molecular formula is C44H39N3O. The maximum Gasteiger partial charge on any atom is 0.140 e. The monoisotopic (exact) mass is 625 g/mol. The molecule has 4 heteroatoms. The highest BCUT2D eigenvalue weighted by atomic mass is 16.3. The van der Waals surface area contributed by atoms with Crippen LogP contribution in [-0.4, -0.2) is 33.1 Å². The van der Waals surface area contributed by atoms with Gasteiger partial charge in [0.15, 0.2) is 0 Å². The normalized spacial score (nSPS) is 12.6. The number of benzene rings is 6. The predicted octanol–water partition coefficient (Wildman–Crippen LogP) is 8.68. The summed E-state index contributed by atoms with van der Waals surface area (Å²) in [7, 11) is 2.10. The molecule has 1 heterocycles. The van der Waals surface area contributed by atoms with E-state index in [1.807, 2.05) is 42.6 Å². The molecule has 1 atom stereocenters. The summed E-state index contributed by atoms with van der Waals surface area (Å²) < 4.78 is 2.17. The van der Waals surface area contributed by atoms with E-state index in [0.717, 1.165) is 33.4 Å². The highest BCUT2D eigenvalue weighted by Crippen LogP contribution is 2.44. The van der Waals surface area contributed by atoms with Crippen LogP contribution in [0.2, 0.25) is 0 Å². The van der Waals surface area contributed by atoms with E-state index in [4.69, 9.17) is 4.98 Å². The Bertz CT molecular complexity index is 1820. The lowest BCUT2D eigenvalue weighted by atomic mass is 9.75. The largest absolute Gasteiger partial charge is 0.384 e. The molecule has 0 amide bonds. The first kappa shape index (κ1) is 31.1. The van der Waals surface area contributed by atoms with E-state index in [-0.39, 0.29) is 0 Å². The standard InChI is InChI=1S/C44H39N3O/c1-46(43(35-20-8-2-9-21-35,36-22-10-3-11-23-36)37-24-12-4-13-25-37)34-41(48)42-45-32-33-47(42)44(38-26-14-5-15-27-38,39-28-16-6-17-29-39)40-30-18-7-19-31-40/h2-33,41,48H,34H2,1H3. The number of imidazole rings is 1. The molecule has 1 N–H and O–H groups in total. The molecule has 7 aromatic rings.